The van der Waals surface area contributed by atoms with Crippen LogP contribution in [0.4, 0.5) is 5.69 Å². The highest BCUT2D eigenvalue weighted by Crippen LogP contribution is 2.17. The van der Waals surface area contributed by atoms with Crippen molar-refractivity contribution < 1.29 is 19.4 Å². The number of carbonyl (C=O) groups excluding carboxylic acids is 2. The lowest BCUT2D eigenvalue weighted by molar-refractivity contribution is -1.00. The molecule has 2 amide bonds. The molecule has 0 atom stereocenters. The maximum absolute atomic E-state index is 12.8. The van der Waals surface area contributed by atoms with Gasteiger partial charge in [0.05, 0.1) is 0 Å². The second-order valence-corrected chi connectivity index (χ2v) is 9.74. The first-order valence-electron chi connectivity index (χ1n) is 11.5. The zero-order valence-electron chi connectivity index (χ0n) is 19.8. The Hall–Kier alpha value is -1.92. The van der Waals surface area contributed by atoms with E-state index in [2.05, 4.69) is 46.0 Å². The van der Waals surface area contributed by atoms with Crippen molar-refractivity contribution in [2.75, 3.05) is 57.7 Å². The van der Waals surface area contributed by atoms with Gasteiger partial charge in [-0.05, 0) is 42.9 Å². The molecule has 0 unspecified atom stereocenters. The van der Waals surface area contributed by atoms with Crippen molar-refractivity contribution in [3.05, 3.63) is 29.3 Å². The molecule has 3 N–H and O–H groups in total. The normalized spacial score (nSPS) is 19.2. The van der Waals surface area contributed by atoms with Crippen LogP contribution in [-0.4, -0.2) is 69.1 Å². The Balaban J connectivity index is 1.79. The largest absolute Gasteiger partial charge is 0.337 e. The van der Waals surface area contributed by atoms with Gasteiger partial charge in [-0.25, -0.2) is 0 Å². The summed E-state index contributed by atoms with van der Waals surface area (Å²) in [5.74, 6) is 1.31. The summed E-state index contributed by atoms with van der Waals surface area (Å²) in [5, 5.41) is 3.07. The molecule has 168 valence electrons. The van der Waals surface area contributed by atoms with Gasteiger partial charge in [0.2, 0.25) is 0 Å². The summed E-state index contributed by atoms with van der Waals surface area (Å²) in [5.41, 5.74) is 3.22. The highest BCUT2D eigenvalue weighted by molar-refractivity contribution is 5.92. The lowest BCUT2D eigenvalue weighted by Crippen LogP contribution is -3.28. The number of amides is 2. The van der Waals surface area contributed by atoms with E-state index in [-0.39, 0.29) is 11.8 Å². The van der Waals surface area contributed by atoms with Crippen molar-refractivity contribution in [2.24, 2.45) is 11.8 Å². The third-order valence-electron chi connectivity index (χ3n) is 5.88. The van der Waals surface area contributed by atoms with Crippen molar-refractivity contribution in [1.82, 2.24) is 4.90 Å². The molecule has 0 radical (unpaired) electrons. The predicted octanol–water partition coefficient (Wildman–Crippen LogP) is 0.166. The molecule has 1 aliphatic rings. The fourth-order valence-electron chi connectivity index (χ4n) is 4.10. The van der Waals surface area contributed by atoms with Crippen LogP contribution in [0.2, 0.25) is 0 Å². The summed E-state index contributed by atoms with van der Waals surface area (Å²) in [6.07, 6.45) is 0. The molecular weight excluding hydrogens is 376 g/mol. The maximum Gasteiger partial charge on any atom is 0.279 e. The standard InChI is InChI=1S/C24H40N4O2/c1-18(2)14-28(15-19(3)4)24(30)17-27-12-10-26(11-13-27)16-23(29)25-22-9-7-8-20(5)21(22)6/h7-9,18-19H,10-17H2,1-6H3,(H,25,29)/p+2. The second kappa shape index (κ2) is 11.5. The van der Waals surface area contributed by atoms with Crippen LogP contribution in [0.3, 0.4) is 0 Å². The fraction of sp³-hybridized carbons (Fsp3) is 0.667. The molecule has 0 bridgehead atoms. The average molecular weight is 419 g/mol. The lowest BCUT2D eigenvalue weighted by Gasteiger charge is -2.31. The summed E-state index contributed by atoms with van der Waals surface area (Å²) in [6.45, 7) is 19.2. The van der Waals surface area contributed by atoms with Crippen LogP contribution >= 0.6 is 0 Å². The number of hydrogen-bond donors (Lipinski definition) is 3. The van der Waals surface area contributed by atoms with Crippen molar-refractivity contribution in [1.29, 1.82) is 0 Å². The number of hydrogen-bond acceptors (Lipinski definition) is 2. The molecule has 1 aliphatic heterocycles. The Bertz CT molecular complexity index is 699. The van der Waals surface area contributed by atoms with E-state index in [9.17, 15) is 9.59 Å². The molecular formula is C24H42N4O2+2. The number of benzene rings is 1. The lowest BCUT2D eigenvalue weighted by atomic mass is 10.1. The molecule has 1 saturated heterocycles. The van der Waals surface area contributed by atoms with Crippen LogP contribution in [0.25, 0.3) is 0 Å². The van der Waals surface area contributed by atoms with Crippen LogP contribution in [0.5, 0.6) is 0 Å². The van der Waals surface area contributed by atoms with E-state index in [1.807, 2.05) is 24.0 Å². The topological polar surface area (TPSA) is 58.3 Å². The smallest absolute Gasteiger partial charge is 0.279 e. The van der Waals surface area contributed by atoms with Crippen LogP contribution in [0, 0.1) is 25.7 Å². The van der Waals surface area contributed by atoms with E-state index < -0.39 is 0 Å². The minimum atomic E-state index is 0.0678. The quantitative estimate of drug-likeness (QED) is 0.535. The Morgan fingerprint density at radius 2 is 1.47 bits per heavy atom. The van der Waals surface area contributed by atoms with E-state index in [0.717, 1.165) is 50.5 Å². The van der Waals surface area contributed by atoms with Gasteiger partial charge in [-0.2, -0.15) is 0 Å². The molecule has 0 aliphatic carbocycles. The zero-order valence-corrected chi connectivity index (χ0v) is 19.8. The highest BCUT2D eigenvalue weighted by Gasteiger charge is 2.28. The Morgan fingerprint density at radius 1 is 0.933 bits per heavy atom. The molecule has 6 nitrogen and oxygen atoms in total. The van der Waals surface area contributed by atoms with Gasteiger partial charge in [0.1, 0.15) is 26.2 Å². The van der Waals surface area contributed by atoms with Crippen LogP contribution in [-0.2, 0) is 9.59 Å². The Kier molecular flexibility index (Phi) is 9.31. The van der Waals surface area contributed by atoms with Crippen LogP contribution in [0.15, 0.2) is 18.2 Å². The van der Waals surface area contributed by atoms with Gasteiger partial charge in [0, 0.05) is 18.8 Å². The summed E-state index contributed by atoms with van der Waals surface area (Å²) >= 11 is 0. The predicted molar refractivity (Wildman–Crippen MR) is 122 cm³/mol. The molecule has 1 aromatic rings. The molecule has 0 spiro atoms. The Labute approximate surface area is 182 Å². The average Bonchev–Trinajstić information content (AvgIpc) is 2.65. The monoisotopic (exact) mass is 418 g/mol. The minimum absolute atomic E-state index is 0.0678. The van der Waals surface area contributed by atoms with Gasteiger partial charge in [-0.15, -0.1) is 0 Å². The fourth-order valence-corrected chi connectivity index (χ4v) is 4.10. The first-order valence-corrected chi connectivity index (χ1v) is 11.5. The van der Waals surface area contributed by atoms with Gasteiger partial charge in [0.15, 0.2) is 13.1 Å². The zero-order chi connectivity index (χ0) is 22.3. The van der Waals surface area contributed by atoms with Crippen LogP contribution in [0.1, 0.15) is 38.8 Å². The van der Waals surface area contributed by atoms with Gasteiger partial charge in [-0.1, -0.05) is 39.8 Å². The van der Waals surface area contributed by atoms with E-state index in [1.54, 1.807) is 0 Å². The second-order valence-electron chi connectivity index (χ2n) is 9.74. The summed E-state index contributed by atoms with van der Waals surface area (Å²) in [7, 11) is 0. The molecule has 0 aromatic heterocycles. The minimum Gasteiger partial charge on any atom is -0.337 e. The van der Waals surface area contributed by atoms with Gasteiger partial charge in [0.25, 0.3) is 11.8 Å². The first kappa shape index (κ1) is 24.4. The summed E-state index contributed by atoms with van der Waals surface area (Å²) in [4.78, 5) is 30.0. The molecule has 2 rings (SSSR count). The Morgan fingerprint density at radius 3 is 2.00 bits per heavy atom. The number of rotatable bonds is 9. The van der Waals surface area contributed by atoms with Crippen molar-refractivity contribution in [3.8, 4) is 0 Å². The summed E-state index contributed by atoms with van der Waals surface area (Å²) in [6, 6.07) is 6.00. The third-order valence-corrected chi connectivity index (χ3v) is 5.88. The SMILES string of the molecule is Cc1cccc(NC(=O)C[NH+]2CC[NH+](CC(=O)N(CC(C)C)CC(C)C)CC2)c1C. The number of anilines is 1. The van der Waals surface area contributed by atoms with Crippen molar-refractivity contribution in [3.63, 3.8) is 0 Å². The number of nitrogens with zero attached hydrogens (tertiary/aromatic N) is 1. The number of aryl methyl sites for hydroxylation is 1. The van der Waals surface area contributed by atoms with E-state index in [4.69, 9.17) is 0 Å². The van der Waals surface area contributed by atoms with E-state index >= 15 is 0 Å². The summed E-state index contributed by atoms with van der Waals surface area (Å²) < 4.78 is 0. The molecule has 1 aromatic carbocycles. The molecule has 6 heteroatoms. The first-order chi connectivity index (χ1) is 14.2. The van der Waals surface area contributed by atoms with E-state index in [1.165, 1.54) is 15.4 Å². The van der Waals surface area contributed by atoms with Crippen molar-refractivity contribution >= 4 is 17.5 Å². The number of carbonyl (C=O) groups is 2. The third kappa shape index (κ3) is 7.73. The van der Waals surface area contributed by atoms with Gasteiger partial charge >= 0.3 is 0 Å². The molecule has 1 heterocycles. The van der Waals surface area contributed by atoms with Gasteiger partial charge < -0.3 is 20.0 Å². The molecule has 30 heavy (non-hydrogen) atoms. The molecule has 0 saturated carbocycles. The number of quaternary nitrogens is 2. The number of nitrogens with one attached hydrogen (secondary N) is 3. The van der Waals surface area contributed by atoms with Crippen LogP contribution < -0.4 is 15.1 Å². The number of piperazine rings is 1. The maximum atomic E-state index is 12.8. The van der Waals surface area contributed by atoms with Crippen molar-refractivity contribution in [2.45, 2.75) is 41.5 Å². The highest BCUT2D eigenvalue weighted by atomic mass is 16.2. The van der Waals surface area contributed by atoms with Gasteiger partial charge in [-0.3, -0.25) is 9.59 Å². The molecule has 1 fully saturated rings. The van der Waals surface area contributed by atoms with E-state index in [0.29, 0.717) is 24.9 Å².